The van der Waals surface area contributed by atoms with Gasteiger partial charge < -0.3 is 5.32 Å². The zero-order valence-electron chi connectivity index (χ0n) is 15.9. The number of hydrogen-bond donors (Lipinski definition) is 1. The standard InChI is InChI=1S/C20H25N3O3S/c1-12(2)14-4-6-15(7-5-14)17-10-18(24)21-20-19(17)13(3)22-23(20)16-8-9-27(25,26)11-16/h4-7,12,16-17H,8-11H2,1-3H3,(H,21,24)/t16-,17-/m0/s1. The summed E-state index contributed by atoms with van der Waals surface area (Å²) in [6.45, 7) is 6.25. The molecule has 144 valence electrons. The number of nitrogens with zero attached hydrogens (tertiary/aromatic N) is 2. The average molecular weight is 388 g/mol. The van der Waals surface area contributed by atoms with E-state index in [-0.39, 0.29) is 29.4 Å². The van der Waals surface area contributed by atoms with Crippen molar-refractivity contribution < 1.29 is 13.2 Å². The summed E-state index contributed by atoms with van der Waals surface area (Å²) in [4.78, 5) is 12.4. The zero-order chi connectivity index (χ0) is 19.3. The van der Waals surface area contributed by atoms with Crippen molar-refractivity contribution in [2.45, 2.75) is 51.5 Å². The summed E-state index contributed by atoms with van der Waals surface area (Å²) in [7, 11) is -3.03. The smallest absolute Gasteiger partial charge is 0.226 e. The third-order valence-electron chi connectivity index (χ3n) is 5.69. The van der Waals surface area contributed by atoms with Crippen LogP contribution in [0.2, 0.25) is 0 Å². The van der Waals surface area contributed by atoms with Crippen LogP contribution in [0.5, 0.6) is 0 Å². The molecular weight excluding hydrogens is 362 g/mol. The van der Waals surface area contributed by atoms with Gasteiger partial charge in [-0.25, -0.2) is 13.1 Å². The van der Waals surface area contributed by atoms with E-state index in [0.29, 0.717) is 24.6 Å². The lowest BCUT2D eigenvalue weighted by Gasteiger charge is -2.25. The first-order valence-corrected chi connectivity index (χ1v) is 11.3. The van der Waals surface area contributed by atoms with Crippen LogP contribution in [0.15, 0.2) is 24.3 Å². The Morgan fingerprint density at radius 3 is 2.52 bits per heavy atom. The van der Waals surface area contributed by atoms with E-state index in [4.69, 9.17) is 0 Å². The number of amides is 1. The highest BCUT2D eigenvalue weighted by Crippen LogP contribution is 2.41. The van der Waals surface area contributed by atoms with Gasteiger partial charge in [-0.3, -0.25) is 4.79 Å². The molecule has 0 saturated carbocycles. The fraction of sp³-hybridized carbons (Fsp3) is 0.500. The van der Waals surface area contributed by atoms with Crippen LogP contribution < -0.4 is 5.32 Å². The summed E-state index contributed by atoms with van der Waals surface area (Å²) < 4.78 is 25.5. The van der Waals surface area contributed by atoms with Crippen LogP contribution in [0, 0.1) is 6.92 Å². The van der Waals surface area contributed by atoms with Crippen molar-refractivity contribution in [2.24, 2.45) is 0 Å². The highest BCUT2D eigenvalue weighted by atomic mass is 32.2. The topological polar surface area (TPSA) is 81.1 Å². The first-order chi connectivity index (χ1) is 12.7. The van der Waals surface area contributed by atoms with Crippen LogP contribution in [0.4, 0.5) is 5.82 Å². The third-order valence-corrected chi connectivity index (χ3v) is 7.44. The van der Waals surface area contributed by atoms with Crippen LogP contribution in [-0.4, -0.2) is 35.6 Å². The highest BCUT2D eigenvalue weighted by Gasteiger charge is 2.37. The lowest BCUT2D eigenvalue weighted by molar-refractivity contribution is -0.116. The lowest BCUT2D eigenvalue weighted by Crippen LogP contribution is -2.26. The number of sulfone groups is 1. The maximum absolute atomic E-state index is 12.4. The Morgan fingerprint density at radius 2 is 1.93 bits per heavy atom. The van der Waals surface area contributed by atoms with E-state index in [1.165, 1.54) is 5.56 Å². The summed E-state index contributed by atoms with van der Waals surface area (Å²) in [6.07, 6.45) is 0.920. The molecule has 0 radical (unpaired) electrons. The average Bonchev–Trinajstić information content (AvgIpc) is 3.13. The van der Waals surface area contributed by atoms with Gasteiger partial charge in [-0.15, -0.1) is 0 Å². The SMILES string of the molecule is Cc1nn([C@H]2CCS(=O)(=O)C2)c2c1[C@H](c1ccc(C(C)C)cc1)CC(=O)N2. The normalized spacial score (nSPS) is 24.1. The molecule has 1 amide bonds. The zero-order valence-corrected chi connectivity index (χ0v) is 16.7. The molecule has 2 atom stereocenters. The largest absolute Gasteiger partial charge is 0.311 e. The molecule has 1 aromatic carbocycles. The Balaban J connectivity index is 1.75. The second kappa shape index (κ2) is 6.48. The molecule has 2 aromatic rings. The molecule has 3 heterocycles. The fourth-order valence-electron chi connectivity index (χ4n) is 4.20. The molecule has 0 spiro atoms. The van der Waals surface area contributed by atoms with Gasteiger partial charge in [0.25, 0.3) is 0 Å². The number of nitrogens with one attached hydrogen (secondary N) is 1. The Hall–Kier alpha value is -2.15. The maximum atomic E-state index is 12.4. The van der Waals surface area contributed by atoms with E-state index >= 15 is 0 Å². The Kier molecular flexibility index (Phi) is 4.37. The van der Waals surface area contributed by atoms with E-state index in [1.54, 1.807) is 4.68 Å². The number of benzene rings is 1. The van der Waals surface area contributed by atoms with Crippen molar-refractivity contribution in [1.82, 2.24) is 9.78 Å². The summed E-state index contributed by atoms with van der Waals surface area (Å²) in [5, 5.41) is 7.58. The van der Waals surface area contributed by atoms with Gasteiger partial charge in [-0.2, -0.15) is 5.10 Å². The van der Waals surface area contributed by atoms with Gasteiger partial charge in [-0.1, -0.05) is 38.1 Å². The fourth-order valence-corrected chi connectivity index (χ4v) is 5.89. The van der Waals surface area contributed by atoms with E-state index in [2.05, 4.69) is 48.5 Å². The minimum Gasteiger partial charge on any atom is -0.311 e. The monoisotopic (exact) mass is 387 g/mol. The molecule has 1 fully saturated rings. The molecule has 4 rings (SSSR count). The van der Waals surface area contributed by atoms with Crippen molar-refractivity contribution in [3.8, 4) is 0 Å². The number of hydrogen-bond acceptors (Lipinski definition) is 4. The van der Waals surface area contributed by atoms with Gasteiger partial charge >= 0.3 is 0 Å². The number of fused-ring (bicyclic) bond motifs is 1. The molecular formula is C20H25N3O3S. The molecule has 2 aliphatic heterocycles. The molecule has 2 aliphatic rings. The van der Waals surface area contributed by atoms with Crippen molar-refractivity contribution in [2.75, 3.05) is 16.8 Å². The predicted molar refractivity (Wildman–Crippen MR) is 105 cm³/mol. The van der Waals surface area contributed by atoms with Crippen LogP contribution >= 0.6 is 0 Å². The second-order valence-corrected chi connectivity index (χ2v) is 10.2. The quantitative estimate of drug-likeness (QED) is 0.877. The maximum Gasteiger partial charge on any atom is 0.226 e. The molecule has 1 N–H and O–H groups in total. The molecule has 27 heavy (non-hydrogen) atoms. The molecule has 0 aliphatic carbocycles. The second-order valence-electron chi connectivity index (χ2n) is 7.98. The van der Waals surface area contributed by atoms with Crippen LogP contribution in [-0.2, 0) is 14.6 Å². The minimum absolute atomic E-state index is 0.0533. The van der Waals surface area contributed by atoms with Crippen LogP contribution in [0.3, 0.4) is 0 Å². The van der Waals surface area contributed by atoms with Crippen molar-refractivity contribution in [3.63, 3.8) is 0 Å². The van der Waals surface area contributed by atoms with Gasteiger partial charge in [0.05, 0.1) is 23.2 Å². The summed E-state index contributed by atoms with van der Waals surface area (Å²) >= 11 is 0. The third kappa shape index (κ3) is 3.29. The van der Waals surface area contributed by atoms with Gasteiger partial charge in [0.1, 0.15) is 5.82 Å². The number of anilines is 1. The Morgan fingerprint density at radius 1 is 1.22 bits per heavy atom. The van der Waals surface area contributed by atoms with Crippen molar-refractivity contribution in [3.05, 3.63) is 46.6 Å². The van der Waals surface area contributed by atoms with E-state index < -0.39 is 9.84 Å². The first kappa shape index (κ1) is 18.2. The molecule has 0 unspecified atom stereocenters. The minimum atomic E-state index is -3.03. The lowest BCUT2D eigenvalue weighted by atomic mass is 9.85. The summed E-state index contributed by atoms with van der Waals surface area (Å²) in [5.74, 6) is 1.29. The van der Waals surface area contributed by atoms with Crippen LogP contribution in [0.1, 0.15) is 67.0 Å². The Bertz CT molecular complexity index is 990. The molecule has 0 bridgehead atoms. The van der Waals surface area contributed by atoms with Gasteiger partial charge in [0.15, 0.2) is 9.84 Å². The van der Waals surface area contributed by atoms with Gasteiger partial charge in [0, 0.05) is 17.9 Å². The molecule has 7 heteroatoms. The number of aromatic nitrogens is 2. The predicted octanol–water partition coefficient (Wildman–Crippen LogP) is 3.15. The van der Waals surface area contributed by atoms with Gasteiger partial charge in [0.2, 0.25) is 5.91 Å². The highest BCUT2D eigenvalue weighted by molar-refractivity contribution is 7.91. The summed E-state index contributed by atoms with van der Waals surface area (Å²) in [6, 6.07) is 8.23. The Labute approximate surface area is 159 Å². The van der Waals surface area contributed by atoms with Crippen molar-refractivity contribution in [1.29, 1.82) is 0 Å². The molecule has 1 aromatic heterocycles. The van der Waals surface area contributed by atoms with Crippen molar-refractivity contribution >= 4 is 21.6 Å². The van der Waals surface area contributed by atoms with E-state index in [1.807, 2.05) is 6.92 Å². The van der Waals surface area contributed by atoms with E-state index in [9.17, 15) is 13.2 Å². The summed E-state index contributed by atoms with van der Waals surface area (Å²) in [5.41, 5.74) is 4.23. The molecule has 6 nitrogen and oxygen atoms in total. The number of carbonyl (C=O) groups excluding carboxylic acids is 1. The number of aryl methyl sites for hydroxylation is 1. The van der Waals surface area contributed by atoms with Gasteiger partial charge in [-0.05, 0) is 30.4 Å². The number of carbonyl (C=O) groups is 1. The molecule has 1 saturated heterocycles. The van der Waals surface area contributed by atoms with E-state index in [0.717, 1.165) is 16.8 Å². The number of rotatable bonds is 3. The van der Waals surface area contributed by atoms with Crippen LogP contribution in [0.25, 0.3) is 0 Å². The first-order valence-electron chi connectivity index (χ1n) is 9.44.